The quantitative estimate of drug-likeness (QED) is 0.719. The Morgan fingerprint density at radius 3 is 2.54 bits per heavy atom. The van der Waals surface area contributed by atoms with E-state index in [1.807, 2.05) is 0 Å². The summed E-state index contributed by atoms with van der Waals surface area (Å²) in [6.07, 6.45) is -0.850. The molecule has 0 spiro atoms. The Morgan fingerprint density at radius 1 is 1.69 bits per heavy atom. The van der Waals surface area contributed by atoms with Crippen molar-refractivity contribution in [2.45, 2.75) is 12.5 Å². The van der Waals surface area contributed by atoms with Crippen molar-refractivity contribution in [1.82, 2.24) is 5.32 Å². The normalized spacial score (nSPS) is 11.5. The number of hydrogen-bond acceptors (Lipinski definition) is 3. The van der Waals surface area contributed by atoms with E-state index in [0.717, 1.165) is 7.11 Å². The minimum atomic E-state index is -1.19. The fourth-order valence-electron chi connectivity index (χ4n) is 0.623. The summed E-state index contributed by atoms with van der Waals surface area (Å²) in [5.74, 6) is -1.19. The molecule has 5 nitrogen and oxygen atoms in total. The van der Waals surface area contributed by atoms with Gasteiger partial charge in [-0.2, -0.15) is 0 Å². The maximum Gasteiger partial charge on any atom is 0.407 e. The Labute approximate surface area is 80.3 Å². The zero-order chi connectivity index (χ0) is 10.4. The molecule has 0 saturated heterocycles. The van der Waals surface area contributed by atoms with Gasteiger partial charge in [0.2, 0.25) is 0 Å². The molecule has 0 unspecified atom stereocenters. The fraction of sp³-hybridized carbons (Fsp3) is 0.429. The number of ether oxygens (including phenoxy) is 1. The summed E-state index contributed by atoms with van der Waals surface area (Å²) < 4.78 is 4.23. The maximum atomic E-state index is 10.6. The number of carbonyl (C=O) groups excluding carboxylic acids is 1. The third kappa shape index (κ3) is 5.08. The minimum absolute atomic E-state index is 0.0357. The molecule has 1 amide bonds. The first-order valence-electron chi connectivity index (χ1n) is 3.38. The number of carboxylic acids is 1. The summed E-state index contributed by atoms with van der Waals surface area (Å²) in [5, 5.41) is 10.8. The molecular formula is C7H10ClNO4. The zero-order valence-corrected chi connectivity index (χ0v) is 7.80. The van der Waals surface area contributed by atoms with Gasteiger partial charge >= 0.3 is 12.1 Å². The van der Waals surface area contributed by atoms with Crippen LogP contribution in [0.3, 0.4) is 0 Å². The van der Waals surface area contributed by atoms with Crippen LogP contribution >= 0.6 is 11.6 Å². The molecule has 0 aliphatic rings. The number of carbonyl (C=O) groups is 2. The van der Waals surface area contributed by atoms with Gasteiger partial charge in [0.25, 0.3) is 0 Å². The van der Waals surface area contributed by atoms with Gasteiger partial charge < -0.3 is 15.2 Å². The van der Waals surface area contributed by atoms with E-state index in [9.17, 15) is 9.59 Å². The van der Waals surface area contributed by atoms with Crippen LogP contribution in [0.5, 0.6) is 0 Å². The topological polar surface area (TPSA) is 75.6 Å². The van der Waals surface area contributed by atoms with Crippen molar-refractivity contribution >= 4 is 23.7 Å². The molecule has 0 aliphatic heterocycles. The van der Waals surface area contributed by atoms with Crippen LogP contribution in [-0.2, 0) is 9.53 Å². The highest BCUT2D eigenvalue weighted by Crippen LogP contribution is 2.07. The zero-order valence-electron chi connectivity index (χ0n) is 7.04. The largest absolute Gasteiger partial charge is 0.480 e. The third-order valence-corrected chi connectivity index (χ3v) is 1.36. The smallest absolute Gasteiger partial charge is 0.407 e. The Balaban J connectivity index is 4.18. The lowest BCUT2D eigenvalue weighted by molar-refractivity contribution is -0.139. The third-order valence-electron chi connectivity index (χ3n) is 1.20. The van der Waals surface area contributed by atoms with E-state index in [-0.39, 0.29) is 11.5 Å². The van der Waals surface area contributed by atoms with Gasteiger partial charge in [-0.25, -0.2) is 9.59 Å². The summed E-state index contributed by atoms with van der Waals surface area (Å²) in [6.45, 7) is 3.32. The number of amides is 1. The van der Waals surface area contributed by atoms with Crippen molar-refractivity contribution in [2.24, 2.45) is 0 Å². The lowest BCUT2D eigenvalue weighted by atomic mass is 10.2. The Bertz CT molecular complexity index is 229. The van der Waals surface area contributed by atoms with Crippen molar-refractivity contribution in [2.75, 3.05) is 7.11 Å². The molecule has 74 valence electrons. The standard InChI is InChI=1S/C7H10ClNO4/c1-4(8)3-5(6(10)11)9-7(12)13-2/h5H,1,3H2,2H3,(H,9,12)(H,10,11)/t5-/m0/s1. The molecule has 0 aromatic carbocycles. The second-order valence-corrected chi connectivity index (χ2v) is 2.78. The van der Waals surface area contributed by atoms with E-state index in [2.05, 4.69) is 16.6 Å². The average Bonchev–Trinajstić information content (AvgIpc) is 2.02. The van der Waals surface area contributed by atoms with Crippen LogP contribution in [0.15, 0.2) is 11.6 Å². The highest BCUT2D eigenvalue weighted by Gasteiger charge is 2.20. The second-order valence-electron chi connectivity index (χ2n) is 2.25. The van der Waals surface area contributed by atoms with Crippen LogP contribution in [0.2, 0.25) is 0 Å². The first kappa shape index (κ1) is 11.8. The first-order chi connectivity index (χ1) is 5.97. The molecule has 0 rings (SSSR count). The van der Waals surface area contributed by atoms with Crippen LogP contribution in [0.4, 0.5) is 4.79 Å². The van der Waals surface area contributed by atoms with Gasteiger partial charge in [0, 0.05) is 11.5 Å². The monoisotopic (exact) mass is 207 g/mol. The van der Waals surface area contributed by atoms with Gasteiger partial charge in [0.05, 0.1) is 7.11 Å². The predicted octanol–water partition coefficient (Wildman–Crippen LogP) is 0.938. The second kappa shape index (κ2) is 5.42. The summed E-state index contributed by atoms with van der Waals surface area (Å²) in [6, 6.07) is -1.10. The lowest BCUT2D eigenvalue weighted by Gasteiger charge is -2.11. The van der Waals surface area contributed by atoms with Crippen molar-refractivity contribution in [3.63, 3.8) is 0 Å². The number of hydrogen-bond donors (Lipinski definition) is 2. The number of methoxy groups -OCH3 is 1. The molecule has 0 aromatic heterocycles. The van der Waals surface area contributed by atoms with Crippen molar-refractivity contribution in [3.8, 4) is 0 Å². The molecule has 0 fully saturated rings. The molecule has 2 N–H and O–H groups in total. The summed E-state index contributed by atoms with van der Waals surface area (Å²) in [4.78, 5) is 21.2. The molecule has 0 bridgehead atoms. The highest BCUT2D eigenvalue weighted by atomic mass is 35.5. The number of rotatable bonds is 4. The van der Waals surface area contributed by atoms with Crippen LogP contribution in [0.25, 0.3) is 0 Å². The number of halogens is 1. The number of nitrogens with one attached hydrogen (secondary N) is 1. The van der Waals surface area contributed by atoms with Crippen LogP contribution < -0.4 is 5.32 Å². The van der Waals surface area contributed by atoms with Crippen LogP contribution in [-0.4, -0.2) is 30.3 Å². The van der Waals surface area contributed by atoms with E-state index >= 15 is 0 Å². The van der Waals surface area contributed by atoms with Crippen molar-refractivity contribution in [1.29, 1.82) is 0 Å². The average molecular weight is 208 g/mol. The van der Waals surface area contributed by atoms with E-state index < -0.39 is 18.1 Å². The Hall–Kier alpha value is -1.23. The Kier molecular flexibility index (Phi) is 4.91. The summed E-state index contributed by atoms with van der Waals surface area (Å²) in [5.41, 5.74) is 0. The van der Waals surface area contributed by atoms with E-state index in [4.69, 9.17) is 16.7 Å². The van der Waals surface area contributed by atoms with E-state index in [1.165, 1.54) is 0 Å². The number of aliphatic carboxylic acids is 1. The molecule has 0 aliphatic carbocycles. The van der Waals surface area contributed by atoms with Crippen LogP contribution in [0, 0.1) is 0 Å². The molecular weight excluding hydrogens is 198 g/mol. The molecule has 0 saturated carbocycles. The van der Waals surface area contributed by atoms with E-state index in [1.54, 1.807) is 0 Å². The van der Waals surface area contributed by atoms with Crippen molar-refractivity contribution in [3.05, 3.63) is 11.6 Å². The molecule has 1 atom stereocenters. The number of carboxylic acid groups (broad SMARTS) is 1. The van der Waals surface area contributed by atoms with Crippen molar-refractivity contribution < 1.29 is 19.4 Å². The van der Waals surface area contributed by atoms with Gasteiger partial charge in [-0.3, -0.25) is 0 Å². The summed E-state index contributed by atoms with van der Waals surface area (Å²) >= 11 is 5.39. The maximum absolute atomic E-state index is 10.6. The van der Waals surface area contributed by atoms with Gasteiger partial charge in [0.1, 0.15) is 6.04 Å². The molecule has 0 aromatic rings. The SMILES string of the molecule is C=C(Cl)C[C@H](NC(=O)OC)C(=O)O. The molecule has 0 radical (unpaired) electrons. The fourth-order valence-corrected chi connectivity index (χ4v) is 0.777. The molecule has 0 heterocycles. The van der Waals surface area contributed by atoms with E-state index in [0.29, 0.717) is 0 Å². The predicted molar refractivity (Wildman–Crippen MR) is 46.6 cm³/mol. The molecule has 6 heteroatoms. The lowest BCUT2D eigenvalue weighted by Crippen LogP contribution is -2.40. The highest BCUT2D eigenvalue weighted by molar-refractivity contribution is 6.29. The number of alkyl carbamates (subject to hydrolysis) is 1. The van der Waals surface area contributed by atoms with Gasteiger partial charge in [-0.15, -0.1) is 0 Å². The van der Waals surface area contributed by atoms with Gasteiger partial charge in [-0.1, -0.05) is 18.2 Å². The summed E-state index contributed by atoms with van der Waals surface area (Å²) in [7, 11) is 1.14. The first-order valence-corrected chi connectivity index (χ1v) is 3.75. The minimum Gasteiger partial charge on any atom is -0.480 e. The van der Waals surface area contributed by atoms with Gasteiger partial charge in [0.15, 0.2) is 0 Å². The van der Waals surface area contributed by atoms with Crippen LogP contribution in [0.1, 0.15) is 6.42 Å². The Morgan fingerprint density at radius 2 is 2.23 bits per heavy atom. The van der Waals surface area contributed by atoms with Gasteiger partial charge in [-0.05, 0) is 0 Å². The molecule has 13 heavy (non-hydrogen) atoms.